The van der Waals surface area contributed by atoms with Crippen molar-refractivity contribution >= 4 is 23.2 Å². The highest BCUT2D eigenvalue weighted by molar-refractivity contribution is 5.94. The van der Waals surface area contributed by atoms with E-state index in [1.54, 1.807) is 18.2 Å². The van der Waals surface area contributed by atoms with Gasteiger partial charge in [0, 0.05) is 17.5 Å². The Labute approximate surface area is 159 Å². The number of rotatable bonds is 4. The zero-order valence-corrected chi connectivity index (χ0v) is 15.7. The van der Waals surface area contributed by atoms with Crippen LogP contribution in [0.25, 0.3) is 0 Å². The molecule has 0 radical (unpaired) electrons. The predicted molar refractivity (Wildman–Crippen MR) is 105 cm³/mol. The van der Waals surface area contributed by atoms with Crippen LogP contribution in [0.4, 0.5) is 15.8 Å². The van der Waals surface area contributed by atoms with Crippen LogP contribution in [0.5, 0.6) is 0 Å². The van der Waals surface area contributed by atoms with Gasteiger partial charge in [0.15, 0.2) is 0 Å². The van der Waals surface area contributed by atoms with E-state index in [0.29, 0.717) is 25.7 Å². The number of carbonyl (C=O) groups excluding carboxylic acids is 2. The molecule has 2 aromatic rings. The van der Waals surface area contributed by atoms with Crippen molar-refractivity contribution in [3.8, 4) is 0 Å². The van der Waals surface area contributed by atoms with E-state index < -0.39 is 5.82 Å². The lowest BCUT2D eigenvalue weighted by Gasteiger charge is -2.27. The van der Waals surface area contributed by atoms with Crippen molar-refractivity contribution in [2.45, 2.75) is 39.5 Å². The van der Waals surface area contributed by atoms with Crippen LogP contribution in [0.2, 0.25) is 0 Å². The van der Waals surface area contributed by atoms with Crippen molar-refractivity contribution in [2.75, 3.05) is 10.6 Å². The third kappa shape index (κ3) is 4.73. The Morgan fingerprint density at radius 1 is 0.852 bits per heavy atom. The SMILES string of the molecule is Cc1ccc(NC(=O)C2CCC(C(=O)Nc3ccccc3F)CC2)cc1C. The summed E-state index contributed by atoms with van der Waals surface area (Å²) >= 11 is 0. The van der Waals surface area contributed by atoms with Gasteiger partial charge in [-0.3, -0.25) is 9.59 Å². The van der Waals surface area contributed by atoms with E-state index >= 15 is 0 Å². The number of para-hydroxylation sites is 1. The first kappa shape index (κ1) is 19.1. The van der Waals surface area contributed by atoms with E-state index in [-0.39, 0.29) is 29.3 Å². The summed E-state index contributed by atoms with van der Waals surface area (Å²) in [6.45, 7) is 4.05. The second-order valence-electron chi connectivity index (χ2n) is 7.31. The summed E-state index contributed by atoms with van der Waals surface area (Å²) in [5.74, 6) is -0.883. The first-order valence-corrected chi connectivity index (χ1v) is 9.37. The lowest BCUT2D eigenvalue weighted by molar-refractivity contribution is -0.125. The minimum absolute atomic E-state index is 0.00575. The lowest BCUT2D eigenvalue weighted by Crippen LogP contribution is -2.32. The van der Waals surface area contributed by atoms with Crippen LogP contribution >= 0.6 is 0 Å². The Morgan fingerprint density at radius 2 is 1.44 bits per heavy atom. The molecule has 142 valence electrons. The average molecular weight is 368 g/mol. The van der Waals surface area contributed by atoms with Crippen LogP contribution in [-0.4, -0.2) is 11.8 Å². The lowest BCUT2D eigenvalue weighted by atomic mass is 9.81. The van der Waals surface area contributed by atoms with Gasteiger partial charge < -0.3 is 10.6 Å². The van der Waals surface area contributed by atoms with Gasteiger partial charge in [0.25, 0.3) is 0 Å². The van der Waals surface area contributed by atoms with E-state index in [4.69, 9.17) is 0 Å². The van der Waals surface area contributed by atoms with Crippen molar-refractivity contribution < 1.29 is 14.0 Å². The average Bonchev–Trinajstić information content (AvgIpc) is 2.66. The van der Waals surface area contributed by atoms with Crippen LogP contribution in [0.15, 0.2) is 42.5 Å². The number of carbonyl (C=O) groups is 2. The van der Waals surface area contributed by atoms with Gasteiger partial charge in [-0.25, -0.2) is 4.39 Å². The fourth-order valence-corrected chi connectivity index (χ4v) is 3.48. The topological polar surface area (TPSA) is 58.2 Å². The van der Waals surface area contributed by atoms with Crippen LogP contribution < -0.4 is 10.6 Å². The second kappa shape index (κ2) is 8.33. The number of benzene rings is 2. The smallest absolute Gasteiger partial charge is 0.227 e. The third-order valence-electron chi connectivity index (χ3n) is 5.37. The molecular weight excluding hydrogens is 343 g/mol. The monoisotopic (exact) mass is 368 g/mol. The number of nitrogens with one attached hydrogen (secondary N) is 2. The number of hydrogen-bond donors (Lipinski definition) is 2. The molecule has 3 rings (SSSR count). The minimum atomic E-state index is -0.438. The maximum absolute atomic E-state index is 13.7. The molecule has 1 fully saturated rings. The maximum atomic E-state index is 13.7. The number of anilines is 2. The van der Waals surface area contributed by atoms with Crippen LogP contribution in [0.1, 0.15) is 36.8 Å². The molecule has 2 N–H and O–H groups in total. The van der Waals surface area contributed by atoms with Crippen LogP contribution in [0, 0.1) is 31.5 Å². The molecule has 2 amide bonds. The zero-order valence-electron chi connectivity index (χ0n) is 15.7. The number of amides is 2. The molecule has 2 aromatic carbocycles. The Morgan fingerprint density at radius 3 is 2.04 bits per heavy atom. The predicted octanol–water partition coefficient (Wildman–Crippen LogP) is 4.83. The molecule has 1 aliphatic rings. The van der Waals surface area contributed by atoms with E-state index in [0.717, 1.165) is 11.3 Å². The Balaban J connectivity index is 1.52. The molecule has 0 atom stereocenters. The second-order valence-corrected chi connectivity index (χ2v) is 7.31. The highest BCUT2D eigenvalue weighted by Gasteiger charge is 2.30. The summed E-state index contributed by atoms with van der Waals surface area (Å²) in [4.78, 5) is 24.9. The molecule has 0 spiro atoms. The summed E-state index contributed by atoms with van der Waals surface area (Å²) in [6.07, 6.45) is 2.58. The van der Waals surface area contributed by atoms with Gasteiger partial charge in [0.1, 0.15) is 5.82 Å². The largest absolute Gasteiger partial charge is 0.326 e. The van der Waals surface area contributed by atoms with Crippen LogP contribution in [0.3, 0.4) is 0 Å². The third-order valence-corrected chi connectivity index (χ3v) is 5.37. The quantitative estimate of drug-likeness (QED) is 0.812. The highest BCUT2D eigenvalue weighted by Crippen LogP contribution is 2.31. The summed E-state index contributed by atoms with van der Waals surface area (Å²) in [7, 11) is 0. The van der Waals surface area contributed by atoms with Gasteiger partial charge in [-0.05, 0) is 74.9 Å². The Kier molecular flexibility index (Phi) is 5.89. The van der Waals surface area contributed by atoms with Gasteiger partial charge >= 0.3 is 0 Å². The summed E-state index contributed by atoms with van der Waals surface area (Å²) in [5.41, 5.74) is 3.34. The minimum Gasteiger partial charge on any atom is -0.326 e. The van der Waals surface area contributed by atoms with Crippen molar-refractivity contribution in [3.63, 3.8) is 0 Å². The first-order valence-electron chi connectivity index (χ1n) is 9.37. The van der Waals surface area contributed by atoms with Gasteiger partial charge in [0.2, 0.25) is 11.8 Å². The van der Waals surface area contributed by atoms with Crippen molar-refractivity contribution in [1.29, 1.82) is 0 Å². The fourth-order valence-electron chi connectivity index (χ4n) is 3.48. The number of hydrogen-bond acceptors (Lipinski definition) is 2. The number of halogens is 1. The molecule has 0 unspecified atom stereocenters. The molecule has 1 aliphatic carbocycles. The summed E-state index contributed by atoms with van der Waals surface area (Å²) in [5, 5.41) is 5.64. The molecule has 0 aromatic heterocycles. The van der Waals surface area contributed by atoms with E-state index in [1.165, 1.54) is 11.6 Å². The van der Waals surface area contributed by atoms with Crippen molar-refractivity contribution in [2.24, 2.45) is 11.8 Å². The van der Waals surface area contributed by atoms with E-state index in [2.05, 4.69) is 10.6 Å². The molecule has 4 nitrogen and oxygen atoms in total. The molecule has 0 aliphatic heterocycles. The molecule has 1 saturated carbocycles. The normalized spacial score (nSPS) is 19.4. The van der Waals surface area contributed by atoms with Crippen molar-refractivity contribution in [1.82, 2.24) is 0 Å². The molecule has 27 heavy (non-hydrogen) atoms. The standard InChI is InChI=1S/C22H25FN2O2/c1-14-7-12-18(13-15(14)2)24-21(26)16-8-10-17(11-9-16)22(27)25-20-6-4-3-5-19(20)23/h3-7,12-13,16-17H,8-11H2,1-2H3,(H,24,26)(H,25,27). The van der Waals surface area contributed by atoms with Crippen molar-refractivity contribution in [3.05, 3.63) is 59.4 Å². The summed E-state index contributed by atoms with van der Waals surface area (Å²) < 4.78 is 13.7. The fraction of sp³-hybridized carbons (Fsp3) is 0.364. The van der Waals surface area contributed by atoms with Gasteiger partial charge in [-0.1, -0.05) is 18.2 Å². The summed E-state index contributed by atoms with van der Waals surface area (Å²) in [6, 6.07) is 12.0. The zero-order chi connectivity index (χ0) is 19.4. The molecule has 0 bridgehead atoms. The molecular formula is C22H25FN2O2. The van der Waals surface area contributed by atoms with Gasteiger partial charge in [0.05, 0.1) is 5.69 Å². The Hall–Kier alpha value is -2.69. The van der Waals surface area contributed by atoms with Crippen LogP contribution in [-0.2, 0) is 9.59 Å². The first-order chi connectivity index (χ1) is 12.9. The maximum Gasteiger partial charge on any atom is 0.227 e. The Bertz CT molecular complexity index is 842. The van der Waals surface area contributed by atoms with E-state index in [1.807, 2.05) is 32.0 Å². The highest BCUT2D eigenvalue weighted by atomic mass is 19.1. The van der Waals surface area contributed by atoms with E-state index in [9.17, 15) is 14.0 Å². The molecule has 0 heterocycles. The van der Waals surface area contributed by atoms with Gasteiger partial charge in [-0.2, -0.15) is 0 Å². The number of aryl methyl sites for hydroxylation is 2. The molecule has 0 saturated heterocycles. The van der Waals surface area contributed by atoms with Gasteiger partial charge in [-0.15, -0.1) is 0 Å². The molecule has 5 heteroatoms.